The quantitative estimate of drug-likeness (QED) is 0.727. The van der Waals surface area contributed by atoms with Crippen molar-refractivity contribution in [3.05, 3.63) is 65.9 Å². The molecule has 3 aromatic rings. The van der Waals surface area contributed by atoms with Gasteiger partial charge in [-0.25, -0.2) is 0 Å². The number of aryl methyl sites for hydroxylation is 1. The number of nitrogens with zero attached hydrogens (tertiary/aromatic N) is 3. The summed E-state index contributed by atoms with van der Waals surface area (Å²) in [4.78, 5) is 14.6. The first-order valence-electron chi connectivity index (χ1n) is 8.90. The highest BCUT2D eigenvalue weighted by atomic mass is 16.5. The molecule has 0 saturated carbocycles. The fraction of sp³-hybridized carbons (Fsp3) is 0.286. The van der Waals surface area contributed by atoms with E-state index in [1.54, 1.807) is 0 Å². The number of ether oxygens (including phenoxy) is 1. The van der Waals surface area contributed by atoms with E-state index in [1.807, 2.05) is 48.2 Å². The molecule has 5 heteroatoms. The van der Waals surface area contributed by atoms with Gasteiger partial charge in [0, 0.05) is 19.0 Å². The van der Waals surface area contributed by atoms with Crippen LogP contribution in [-0.2, 0) is 11.2 Å². The highest BCUT2D eigenvalue weighted by molar-refractivity contribution is 5.90. The first kappa shape index (κ1) is 16.5. The van der Waals surface area contributed by atoms with Crippen molar-refractivity contribution in [3.8, 4) is 5.88 Å². The Kier molecular flexibility index (Phi) is 4.52. The summed E-state index contributed by atoms with van der Waals surface area (Å²) in [5.74, 6) is 0.659. The lowest BCUT2D eigenvalue weighted by molar-refractivity contribution is -0.129. The number of rotatable bonds is 4. The van der Waals surface area contributed by atoms with Gasteiger partial charge in [0.15, 0.2) is 0 Å². The minimum atomic E-state index is -0.0246. The molecule has 5 nitrogen and oxygen atoms in total. The van der Waals surface area contributed by atoms with Crippen LogP contribution in [0, 0.1) is 6.92 Å². The summed E-state index contributed by atoms with van der Waals surface area (Å²) in [5, 5.41) is 10.4. The number of carbonyl (C=O) groups is 1. The number of hydrogen-bond donors (Lipinski definition) is 0. The van der Waals surface area contributed by atoms with E-state index in [0.29, 0.717) is 25.4 Å². The number of aromatic nitrogens is 2. The van der Waals surface area contributed by atoms with E-state index >= 15 is 0 Å². The fourth-order valence-electron chi connectivity index (χ4n) is 3.39. The third kappa shape index (κ3) is 3.52. The molecule has 1 amide bonds. The van der Waals surface area contributed by atoms with Gasteiger partial charge in [0.1, 0.15) is 6.10 Å². The highest BCUT2D eigenvalue weighted by Crippen LogP contribution is 2.21. The molecule has 0 N–H and O–H groups in total. The van der Waals surface area contributed by atoms with E-state index in [-0.39, 0.29) is 12.0 Å². The predicted molar refractivity (Wildman–Crippen MR) is 100 cm³/mol. The van der Waals surface area contributed by atoms with Gasteiger partial charge in [-0.05, 0) is 29.3 Å². The highest BCUT2D eigenvalue weighted by Gasteiger charge is 2.28. The molecular formula is C21H21N3O2. The van der Waals surface area contributed by atoms with Gasteiger partial charge >= 0.3 is 0 Å². The van der Waals surface area contributed by atoms with Crippen molar-refractivity contribution in [2.45, 2.75) is 25.9 Å². The topological polar surface area (TPSA) is 55.3 Å². The molecule has 1 atom stereocenters. The molecule has 1 fully saturated rings. The molecule has 2 heterocycles. The molecule has 1 aliphatic heterocycles. The predicted octanol–water partition coefficient (Wildman–Crippen LogP) is 3.16. The smallest absolute Gasteiger partial charge is 0.233 e. The number of carbonyl (C=O) groups excluding carboxylic acids is 1. The van der Waals surface area contributed by atoms with Crippen LogP contribution in [0.5, 0.6) is 5.88 Å². The van der Waals surface area contributed by atoms with Crippen molar-refractivity contribution >= 4 is 16.7 Å². The maximum atomic E-state index is 12.7. The zero-order valence-corrected chi connectivity index (χ0v) is 14.8. The Bertz CT molecular complexity index is 919. The van der Waals surface area contributed by atoms with Crippen LogP contribution >= 0.6 is 0 Å². The Labute approximate surface area is 152 Å². The first-order valence-corrected chi connectivity index (χ1v) is 8.90. The second-order valence-electron chi connectivity index (χ2n) is 6.70. The summed E-state index contributed by atoms with van der Waals surface area (Å²) < 4.78 is 5.86. The Morgan fingerprint density at radius 3 is 2.81 bits per heavy atom. The normalized spacial score (nSPS) is 16.8. The van der Waals surface area contributed by atoms with E-state index in [4.69, 9.17) is 4.74 Å². The molecule has 1 unspecified atom stereocenters. The Hall–Kier alpha value is -2.95. The summed E-state index contributed by atoms with van der Waals surface area (Å²) in [6.45, 7) is 3.20. The maximum absolute atomic E-state index is 12.7. The Morgan fingerprint density at radius 1 is 1.12 bits per heavy atom. The molecule has 1 aromatic heterocycles. The van der Waals surface area contributed by atoms with Crippen molar-refractivity contribution in [1.29, 1.82) is 0 Å². The molecule has 0 spiro atoms. The number of hydrogen-bond acceptors (Lipinski definition) is 4. The number of benzene rings is 2. The van der Waals surface area contributed by atoms with Gasteiger partial charge < -0.3 is 9.64 Å². The van der Waals surface area contributed by atoms with Crippen molar-refractivity contribution in [2.24, 2.45) is 0 Å². The average Bonchev–Trinajstić information content (AvgIpc) is 3.13. The summed E-state index contributed by atoms with van der Waals surface area (Å²) in [6.07, 6.45) is 1.21. The Morgan fingerprint density at radius 2 is 1.96 bits per heavy atom. The molecule has 1 aliphatic rings. The molecule has 2 aromatic carbocycles. The summed E-state index contributed by atoms with van der Waals surface area (Å²) in [5.41, 5.74) is 1.93. The summed E-state index contributed by atoms with van der Waals surface area (Å²) in [7, 11) is 0. The van der Waals surface area contributed by atoms with Gasteiger partial charge in [-0.1, -0.05) is 42.5 Å². The zero-order chi connectivity index (χ0) is 17.9. The molecule has 0 bridgehead atoms. The number of amides is 1. The van der Waals surface area contributed by atoms with Crippen LogP contribution < -0.4 is 4.74 Å². The molecule has 1 saturated heterocycles. The van der Waals surface area contributed by atoms with Crippen molar-refractivity contribution in [1.82, 2.24) is 15.1 Å². The fourth-order valence-corrected chi connectivity index (χ4v) is 3.39. The van der Waals surface area contributed by atoms with Crippen molar-refractivity contribution in [2.75, 3.05) is 13.1 Å². The maximum Gasteiger partial charge on any atom is 0.233 e. The second kappa shape index (κ2) is 7.12. The molecule has 4 rings (SSSR count). The van der Waals surface area contributed by atoms with E-state index in [9.17, 15) is 4.79 Å². The van der Waals surface area contributed by atoms with Crippen LogP contribution in [0.1, 0.15) is 17.7 Å². The molecule has 132 valence electrons. The van der Waals surface area contributed by atoms with E-state index < -0.39 is 0 Å². The van der Waals surface area contributed by atoms with Crippen LogP contribution in [0.3, 0.4) is 0 Å². The lowest BCUT2D eigenvalue weighted by Gasteiger charge is -2.17. The monoisotopic (exact) mass is 347 g/mol. The van der Waals surface area contributed by atoms with Crippen LogP contribution in [-0.4, -0.2) is 40.2 Å². The lowest BCUT2D eigenvalue weighted by Crippen LogP contribution is -2.32. The number of fused-ring (bicyclic) bond motifs is 1. The lowest BCUT2D eigenvalue weighted by atomic mass is 10.0. The second-order valence-corrected chi connectivity index (χ2v) is 6.70. The van der Waals surface area contributed by atoms with Gasteiger partial charge in [0.2, 0.25) is 11.8 Å². The van der Waals surface area contributed by atoms with E-state index in [1.165, 1.54) is 5.39 Å². The van der Waals surface area contributed by atoms with Crippen LogP contribution in [0.15, 0.2) is 54.6 Å². The molecule has 26 heavy (non-hydrogen) atoms. The van der Waals surface area contributed by atoms with Crippen molar-refractivity contribution < 1.29 is 9.53 Å². The van der Waals surface area contributed by atoms with Gasteiger partial charge in [0.25, 0.3) is 0 Å². The standard InChI is InChI=1S/C21H21N3O2/c1-15-9-10-20(23-22-15)26-18-11-12-24(14-18)21(25)13-17-7-4-6-16-5-2-3-8-19(16)17/h2-10,18H,11-14H2,1H3. The zero-order valence-electron chi connectivity index (χ0n) is 14.8. The largest absolute Gasteiger partial charge is 0.471 e. The number of likely N-dealkylation sites (tertiary alicyclic amines) is 1. The van der Waals surface area contributed by atoms with Crippen LogP contribution in [0.2, 0.25) is 0 Å². The summed E-state index contributed by atoms with van der Waals surface area (Å²) in [6, 6.07) is 18.0. The summed E-state index contributed by atoms with van der Waals surface area (Å²) >= 11 is 0. The van der Waals surface area contributed by atoms with Gasteiger partial charge in [-0.3, -0.25) is 4.79 Å². The molecule has 0 aliphatic carbocycles. The minimum Gasteiger partial charge on any atom is -0.471 e. The minimum absolute atomic E-state index is 0.0246. The van der Waals surface area contributed by atoms with Gasteiger partial charge in [-0.15, -0.1) is 5.10 Å². The van der Waals surface area contributed by atoms with Crippen molar-refractivity contribution in [3.63, 3.8) is 0 Å². The SMILES string of the molecule is Cc1ccc(OC2CCN(C(=O)Cc3cccc4ccccc34)C2)nn1. The van der Waals surface area contributed by atoms with Gasteiger partial charge in [0.05, 0.1) is 18.7 Å². The van der Waals surface area contributed by atoms with Crippen LogP contribution in [0.25, 0.3) is 10.8 Å². The molecular weight excluding hydrogens is 326 g/mol. The van der Waals surface area contributed by atoms with Gasteiger partial charge in [-0.2, -0.15) is 5.10 Å². The third-order valence-electron chi connectivity index (χ3n) is 4.78. The van der Waals surface area contributed by atoms with E-state index in [0.717, 1.165) is 23.1 Å². The Balaban J connectivity index is 1.40. The average molecular weight is 347 g/mol. The first-order chi connectivity index (χ1) is 12.7. The van der Waals surface area contributed by atoms with Crippen LogP contribution in [0.4, 0.5) is 0 Å². The van der Waals surface area contributed by atoms with E-state index in [2.05, 4.69) is 28.4 Å². The third-order valence-corrected chi connectivity index (χ3v) is 4.78. The molecule has 0 radical (unpaired) electrons.